The molecule has 1 aliphatic heterocycles. The van der Waals surface area contributed by atoms with Crippen LogP contribution in [0.15, 0.2) is 12.3 Å². The van der Waals surface area contributed by atoms with Crippen LogP contribution in [-0.4, -0.2) is 40.4 Å². The maximum atomic E-state index is 11.0. The Morgan fingerprint density at radius 2 is 2.33 bits per heavy atom. The van der Waals surface area contributed by atoms with Crippen molar-refractivity contribution in [1.82, 2.24) is 4.98 Å². The van der Waals surface area contributed by atoms with Crippen LogP contribution >= 0.6 is 0 Å². The molecule has 1 aromatic rings. The molecule has 6 heteroatoms. The molecule has 1 fully saturated rings. The number of aliphatic hydroxyl groups is 1. The van der Waals surface area contributed by atoms with Crippen molar-refractivity contribution in [3.63, 3.8) is 0 Å². The average molecular weight is 251 g/mol. The summed E-state index contributed by atoms with van der Waals surface area (Å²) >= 11 is 0. The number of pyridine rings is 1. The molecule has 0 bridgehead atoms. The Labute approximate surface area is 105 Å². The maximum absolute atomic E-state index is 11.0. The van der Waals surface area contributed by atoms with Gasteiger partial charge in [-0.2, -0.15) is 0 Å². The van der Waals surface area contributed by atoms with Crippen molar-refractivity contribution in [3.8, 4) is 0 Å². The van der Waals surface area contributed by atoms with Gasteiger partial charge in [0, 0.05) is 19.3 Å². The van der Waals surface area contributed by atoms with Crippen LogP contribution in [0.2, 0.25) is 0 Å². The Morgan fingerprint density at radius 3 is 2.94 bits per heavy atom. The Hall–Kier alpha value is -1.82. The summed E-state index contributed by atoms with van der Waals surface area (Å²) in [5, 5.41) is 18.7. The Morgan fingerprint density at radius 1 is 1.61 bits per heavy atom. The van der Waals surface area contributed by atoms with E-state index in [4.69, 9.17) is 10.8 Å². The van der Waals surface area contributed by atoms with Crippen molar-refractivity contribution >= 4 is 17.5 Å². The molecule has 0 amide bonds. The molecule has 4 N–H and O–H groups in total. The third-order valence-electron chi connectivity index (χ3n) is 3.36. The summed E-state index contributed by atoms with van der Waals surface area (Å²) in [5.41, 5.74) is 6.10. The fourth-order valence-corrected chi connectivity index (χ4v) is 2.23. The van der Waals surface area contributed by atoms with Gasteiger partial charge >= 0.3 is 5.97 Å². The zero-order valence-electron chi connectivity index (χ0n) is 10.2. The van der Waals surface area contributed by atoms with Gasteiger partial charge in [0.05, 0.1) is 17.4 Å². The van der Waals surface area contributed by atoms with E-state index in [1.165, 1.54) is 12.3 Å². The Balaban J connectivity index is 2.29. The van der Waals surface area contributed by atoms with Crippen molar-refractivity contribution < 1.29 is 15.0 Å². The lowest BCUT2D eigenvalue weighted by Crippen LogP contribution is -2.42. The largest absolute Gasteiger partial charge is 0.478 e. The molecule has 2 rings (SSSR count). The predicted molar refractivity (Wildman–Crippen MR) is 67.6 cm³/mol. The standard InChI is InChI=1S/C12H17N3O3/c1-7-6-15(5-3-9(7)16)11-10(13)8(12(17)18)2-4-14-11/h2,4,7,9,16H,3,5-6,13H2,1H3,(H,17,18). The number of aliphatic hydroxyl groups excluding tert-OH is 1. The minimum absolute atomic E-state index is 0.0683. The number of rotatable bonds is 2. The highest BCUT2D eigenvalue weighted by Gasteiger charge is 2.27. The molecule has 1 aromatic heterocycles. The number of nitrogens with two attached hydrogens (primary N) is 1. The van der Waals surface area contributed by atoms with Crippen molar-refractivity contribution in [2.75, 3.05) is 23.7 Å². The van der Waals surface area contributed by atoms with E-state index < -0.39 is 5.97 Å². The minimum atomic E-state index is -1.05. The molecule has 2 atom stereocenters. The van der Waals surface area contributed by atoms with Gasteiger partial charge in [-0.1, -0.05) is 6.92 Å². The number of carboxylic acids is 1. The van der Waals surface area contributed by atoms with E-state index in [1.54, 1.807) is 0 Å². The molecule has 0 aromatic carbocycles. The molecular weight excluding hydrogens is 234 g/mol. The van der Waals surface area contributed by atoms with Crippen LogP contribution in [0.3, 0.4) is 0 Å². The summed E-state index contributed by atoms with van der Waals surface area (Å²) in [5.74, 6) is -0.441. The summed E-state index contributed by atoms with van der Waals surface area (Å²) in [6.07, 6.45) is 1.77. The zero-order chi connectivity index (χ0) is 13.3. The van der Waals surface area contributed by atoms with E-state index in [2.05, 4.69) is 4.98 Å². The van der Waals surface area contributed by atoms with E-state index in [-0.39, 0.29) is 23.3 Å². The van der Waals surface area contributed by atoms with Gasteiger partial charge in [0.1, 0.15) is 0 Å². The zero-order valence-corrected chi connectivity index (χ0v) is 10.2. The monoisotopic (exact) mass is 251 g/mol. The van der Waals surface area contributed by atoms with Crippen LogP contribution in [0, 0.1) is 5.92 Å². The third-order valence-corrected chi connectivity index (χ3v) is 3.36. The van der Waals surface area contributed by atoms with E-state index in [0.29, 0.717) is 25.3 Å². The first-order valence-corrected chi connectivity index (χ1v) is 5.91. The molecule has 6 nitrogen and oxygen atoms in total. The molecule has 98 valence electrons. The fourth-order valence-electron chi connectivity index (χ4n) is 2.23. The van der Waals surface area contributed by atoms with Crippen molar-refractivity contribution in [1.29, 1.82) is 0 Å². The Kier molecular flexibility index (Phi) is 3.38. The number of nitrogens with zero attached hydrogens (tertiary/aromatic N) is 2. The summed E-state index contributed by atoms with van der Waals surface area (Å²) in [6, 6.07) is 1.39. The normalized spacial score (nSPS) is 24.0. The van der Waals surface area contributed by atoms with Gasteiger partial charge in [-0.05, 0) is 18.4 Å². The summed E-state index contributed by atoms with van der Waals surface area (Å²) < 4.78 is 0. The molecule has 1 saturated heterocycles. The first kappa shape index (κ1) is 12.6. The molecule has 2 unspecified atom stereocenters. The van der Waals surface area contributed by atoms with Crippen LogP contribution in [0.5, 0.6) is 0 Å². The second-order valence-corrected chi connectivity index (χ2v) is 4.68. The van der Waals surface area contributed by atoms with Gasteiger partial charge < -0.3 is 20.8 Å². The second kappa shape index (κ2) is 4.81. The number of aromatic carboxylic acids is 1. The minimum Gasteiger partial charge on any atom is -0.478 e. The van der Waals surface area contributed by atoms with Crippen molar-refractivity contribution in [2.45, 2.75) is 19.4 Å². The number of nitrogen functional groups attached to an aromatic ring is 1. The van der Waals surface area contributed by atoms with Crippen LogP contribution in [0.4, 0.5) is 11.5 Å². The number of carboxylic acid groups (broad SMARTS) is 1. The average Bonchev–Trinajstić information content (AvgIpc) is 2.33. The molecule has 0 saturated carbocycles. The van der Waals surface area contributed by atoms with Gasteiger partial charge in [0.15, 0.2) is 5.82 Å². The molecule has 2 heterocycles. The van der Waals surface area contributed by atoms with Crippen LogP contribution in [0.25, 0.3) is 0 Å². The quantitative estimate of drug-likeness (QED) is 0.710. The second-order valence-electron chi connectivity index (χ2n) is 4.68. The van der Waals surface area contributed by atoms with Gasteiger partial charge in [-0.25, -0.2) is 9.78 Å². The van der Waals surface area contributed by atoms with Crippen molar-refractivity contribution in [3.05, 3.63) is 17.8 Å². The SMILES string of the molecule is CC1CN(c2nccc(C(=O)O)c2N)CCC1O. The highest BCUT2D eigenvalue weighted by Crippen LogP contribution is 2.28. The van der Waals surface area contributed by atoms with E-state index >= 15 is 0 Å². The number of anilines is 2. The lowest BCUT2D eigenvalue weighted by molar-refractivity contribution is 0.0697. The molecule has 18 heavy (non-hydrogen) atoms. The number of piperidine rings is 1. The Bertz CT molecular complexity index is 464. The molecular formula is C12H17N3O3. The number of carbonyl (C=O) groups is 1. The predicted octanol–water partition coefficient (Wildman–Crippen LogP) is 0.569. The van der Waals surface area contributed by atoms with Crippen LogP contribution in [-0.2, 0) is 0 Å². The number of hydrogen-bond donors (Lipinski definition) is 3. The van der Waals surface area contributed by atoms with Crippen LogP contribution in [0.1, 0.15) is 23.7 Å². The lowest BCUT2D eigenvalue weighted by atomic mass is 9.96. The first-order valence-electron chi connectivity index (χ1n) is 5.91. The van der Waals surface area contributed by atoms with E-state index in [9.17, 15) is 9.90 Å². The van der Waals surface area contributed by atoms with Gasteiger partial charge in [-0.3, -0.25) is 0 Å². The number of aromatic nitrogens is 1. The van der Waals surface area contributed by atoms with Gasteiger partial charge in [0.2, 0.25) is 0 Å². The highest BCUT2D eigenvalue weighted by atomic mass is 16.4. The third kappa shape index (κ3) is 2.24. The topological polar surface area (TPSA) is 99.7 Å². The van der Waals surface area contributed by atoms with Crippen molar-refractivity contribution in [2.24, 2.45) is 5.92 Å². The molecule has 0 aliphatic carbocycles. The molecule has 0 radical (unpaired) electrons. The van der Waals surface area contributed by atoms with Crippen LogP contribution < -0.4 is 10.6 Å². The summed E-state index contributed by atoms with van der Waals surface area (Å²) in [6.45, 7) is 3.21. The lowest BCUT2D eigenvalue weighted by Gasteiger charge is -2.35. The van der Waals surface area contributed by atoms with Gasteiger partial charge in [0.25, 0.3) is 0 Å². The number of hydrogen-bond acceptors (Lipinski definition) is 5. The molecule has 0 spiro atoms. The van der Waals surface area contributed by atoms with Gasteiger partial charge in [-0.15, -0.1) is 0 Å². The maximum Gasteiger partial charge on any atom is 0.337 e. The smallest absolute Gasteiger partial charge is 0.337 e. The summed E-state index contributed by atoms with van der Waals surface area (Å²) in [4.78, 5) is 17.1. The highest BCUT2D eigenvalue weighted by molar-refractivity contribution is 5.96. The fraction of sp³-hybridized carbons (Fsp3) is 0.500. The van der Waals surface area contributed by atoms with E-state index in [1.807, 2.05) is 11.8 Å². The molecule has 1 aliphatic rings. The van der Waals surface area contributed by atoms with E-state index in [0.717, 1.165) is 0 Å². The summed E-state index contributed by atoms with van der Waals surface area (Å²) in [7, 11) is 0. The first-order chi connectivity index (χ1) is 8.50.